The van der Waals surface area contributed by atoms with Crippen LogP contribution in [0.15, 0.2) is 18.2 Å². The van der Waals surface area contributed by atoms with E-state index in [4.69, 9.17) is 15.2 Å². The lowest BCUT2D eigenvalue weighted by molar-refractivity contribution is -0.150. The maximum Gasteiger partial charge on any atom is 0.319 e. The van der Waals surface area contributed by atoms with E-state index in [1.165, 1.54) is 0 Å². The van der Waals surface area contributed by atoms with Crippen molar-refractivity contribution in [1.29, 1.82) is 0 Å². The van der Waals surface area contributed by atoms with Crippen LogP contribution < -0.4 is 11.1 Å². The molecule has 0 spiro atoms. The zero-order chi connectivity index (χ0) is 13.9. The van der Waals surface area contributed by atoms with Gasteiger partial charge in [-0.2, -0.15) is 0 Å². The molecule has 5 nitrogen and oxygen atoms in total. The van der Waals surface area contributed by atoms with Crippen molar-refractivity contribution in [3.05, 3.63) is 23.8 Å². The van der Waals surface area contributed by atoms with Crippen molar-refractivity contribution in [3.63, 3.8) is 0 Å². The van der Waals surface area contributed by atoms with Crippen LogP contribution >= 0.6 is 0 Å². The van der Waals surface area contributed by atoms with Crippen LogP contribution in [0, 0.1) is 0 Å². The lowest BCUT2D eigenvalue weighted by Gasteiger charge is -2.26. The van der Waals surface area contributed by atoms with Crippen molar-refractivity contribution in [1.82, 2.24) is 0 Å². The van der Waals surface area contributed by atoms with Crippen molar-refractivity contribution in [2.75, 3.05) is 37.9 Å². The molecule has 0 bridgehead atoms. The molecular formula is C14H20N2O3. The van der Waals surface area contributed by atoms with Crippen molar-refractivity contribution in [2.45, 2.75) is 18.8 Å². The zero-order valence-electron chi connectivity index (χ0n) is 11.4. The number of hydrogen-bond acceptors (Lipinski definition) is 5. The maximum atomic E-state index is 12.3. The Bertz CT molecular complexity index is 468. The molecule has 1 atom stereocenters. The highest BCUT2D eigenvalue weighted by molar-refractivity contribution is 5.85. The summed E-state index contributed by atoms with van der Waals surface area (Å²) < 4.78 is 10.7. The molecule has 0 saturated carbocycles. The minimum absolute atomic E-state index is 0.223. The first-order chi connectivity index (χ1) is 9.14. The predicted octanol–water partition coefficient (Wildman–Crippen LogP) is 1.53. The molecule has 1 unspecified atom stereocenters. The second kappa shape index (κ2) is 5.48. The fourth-order valence-corrected chi connectivity index (χ4v) is 2.41. The molecular weight excluding hydrogens is 244 g/mol. The SMILES string of the molecule is CCOC(=O)C1(c2ccc(N)c(NC)c2)CCOC1. The average Bonchev–Trinajstić information content (AvgIpc) is 2.90. The van der Waals surface area contributed by atoms with E-state index in [2.05, 4.69) is 5.32 Å². The molecule has 2 rings (SSSR count). The molecule has 0 aliphatic carbocycles. The largest absolute Gasteiger partial charge is 0.465 e. The molecule has 1 aromatic carbocycles. The van der Waals surface area contributed by atoms with Crippen LogP contribution in [-0.2, 0) is 19.7 Å². The first kappa shape index (κ1) is 13.7. The molecule has 1 saturated heterocycles. The smallest absolute Gasteiger partial charge is 0.319 e. The van der Waals surface area contributed by atoms with Gasteiger partial charge in [0.15, 0.2) is 0 Å². The van der Waals surface area contributed by atoms with E-state index in [1.54, 1.807) is 13.1 Å². The summed E-state index contributed by atoms with van der Waals surface area (Å²) in [7, 11) is 1.80. The summed E-state index contributed by atoms with van der Waals surface area (Å²) in [5.74, 6) is -0.223. The van der Waals surface area contributed by atoms with Crippen LogP contribution in [0.2, 0.25) is 0 Å². The van der Waals surface area contributed by atoms with Gasteiger partial charge < -0.3 is 20.5 Å². The Morgan fingerprint density at radius 1 is 1.58 bits per heavy atom. The van der Waals surface area contributed by atoms with Crippen molar-refractivity contribution in [3.8, 4) is 0 Å². The fraction of sp³-hybridized carbons (Fsp3) is 0.500. The molecule has 1 aliphatic heterocycles. The van der Waals surface area contributed by atoms with E-state index in [0.717, 1.165) is 11.3 Å². The van der Waals surface area contributed by atoms with Crippen LogP contribution in [0.3, 0.4) is 0 Å². The van der Waals surface area contributed by atoms with Gasteiger partial charge in [-0.15, -0.1) is 0 Å². The first-order valence-corrected chi connectivity index (χ1v) is 6.47. The molecule has 1 fully saturated rings. The highest BCUT2D eigenvalue weighted by Crippen LogP contribution is 2.37. The Morgan fingerprint density at radius 3 is 2.95 bits per heavy atom. The number of nitrogens with two attached hydrogens (primary N) is 1. The average molecular weight is 264 g/mol. The normalized spacial score (nSPS) is 22.2. The van der Waals surface area contributed by atoms with E-state index in [9.17, 15) is 4.79 Å². The number of hydrogen-bond donors (Lipinski definition) is 2. The molecule has 19 heavy (non-hydrogen) atoms. The molecule has 0 aromatic heterocycles. The Morgan fingerprint density at radius 2 is 2.37 bits per heavy atom. The van der Waals surface area contributed by atoms with Crippen LogP contribution in [0.25, 0.3) is 0 Å². The van der Waals surface area contributed by atoms with Gasteiger partial charge in [-0.3, -0.25) is 4.79 Å². The number of rotatable bonds is 4. The summed E-state index contributed by atoms with van der Waals surface area (Å²) in [6.07, 6.45) is 0.638. The van der Waals surface area contributed by atoms with E-state index in [1.807, 2.05) is 19.1 Å². The Balaban J connectivity index is 2.42. The number of nitrogen functional groups attached to an aromatic ring is 1. The Kier molecular flexibility index (Phi) is 3.95. The van der Waals surface area contributed by atoms with Gasteiger partial charge in [0, 0.05) is 13.7 Å². The third kappa shape index (κ3) is 2.38. The number of benzene rings is 1. The summed E-state index contributed by atoms with van der Waals surface area (Å²) in [4.78, 5) is 12.3. The molecule has 0 radical (unpaired) electrons. The maximum absolute atomic E-state index is 12.3. The summed E-state index contributed by atoms with van der Waals surface area (Å²) in [5, 5.41) is 3.03. The second-order valence-electron chi connectivity index (χ2n) is 4.66. The van der Waals surface area contributed by atoms with Crippen molar-refractivity contribution in [2.24, 2.45) is 0 Å². The summed E-state index contributed by atoms with van der Waals surface area (Å²) in [6, 6.07) is 5.59. The highest BCUT2D eigenvalue weighted by atomic mass is 16.5. The highest BCUT2D eigenvalue weighted by Gasteiger charge is 2.45. The Labute approximate surface area is 113 Å². The van der Waals surface area contributed by atoms with Gasteiger partial charge in [0.2, 0.25) is 0 Å². The van der Waals surface area contributed by atoms with Gasteiger partial charge >= 0.3 is 5.97 Å². The first-order valence-electron chi connectivity index (χ1n) is 6.47. The minimum atomic E-state index is -0.699. The standard InChI is InChI=1S/C14H20N2O3/c1-3-19-13(17)14(6-7-18-9-14)10-4-5-11(15)12(8-10)16-2/h4-5,8,16H,3,6-7,9,15H2,1-2H3. The van der Waals surface area contributed by atoms with E-state index in [-0.39, 0.29) is 5.97 Å². The van der Waals surface area contributed by atoms with Gasteiger partial charge in [-0.1, -0.05) is 6.07 Å². The van der Waals surface area contributed by atoms with Crippen LogP contribution in [0.1, 0.15) is 18.9 Å². The van der Waals surface area contributed by atoms with Gasteiger partial charge in [0.25, 0.3) is 0 Å². The number of carbonyl (C=O) groups is 1. The van der Waals surface area contributed by atoms with E-state index >= 15 is 0 Å². The summed E-state index contributed by atoms with van der Waals surface area (Å²) in [5.41, 5.74) is 7.53. The molecule has 1 heterocycles. The minimum Gasteiger partial charge on any atom is -0.465 e. The molecule has 5 heteroatoms. The number of anilines is 2. The van der Waals surface area contributed by atoms with Crippen molar-refractivity contribution >= 4 is 17.3 Å². The number of nitrogens with one attached hydrogen (secondary N) is 1. The number of carbonyl (C=O) groups excluding carboxylic acids is 1. The molecule has 1 aromatic rings. The number of ether oxygens (including phenoxy) is 2. The van der Waals surface area contributed by atoms with Gasteiger partial charge in [0.05, 0.1) is 24.6 Å². The molecule has 1 aliphatic rings. The van der Waals surface area contributed by atoms with Crippen LogP contribution in [0.4, 0.5) is 11.4 Å². The molecule has 3 N–H and O–H groups in total. The van der Waals surface area contributed by atoms with Crippen LogP contribution in [-0.4, -0.2) is 32.8 Å². The summed E-state index contributed by atoms with van der Waals surface area (Å²) in [6.45, 7) is 3.11. The third-order valence-electron chi connectivity index (χ3n) is 3.56. The Hall–Kier alpha value is -1.75. The third-order valence-corrected chi connectivity index (χ3v) is 3.56. The molecule has 0 amide bonds. The molecule has 104 valence electrons. The van der Waals surface area contributed by atoms with Gasteiger partial charge in [0.1, 0.15) is 5.41 Å². The number of esters is 1. The zero-order valence-corrected chi connectivity index (χ0v) is 11.4. The van der Waals surface area contributed by atoms with Gasteiger partial charge in [-0.05, 0) is 31.0 Å². The topological polar surface area (TPSA) is 73.6 Å². The quantitative estimate of drug-likeness (QED) is 0.637. The van der Waals surface area contributed by atoms with Crippen molar-refractivity contribution < 1.29 is 14.3 Å². The lowest BCUT2D eigenvalue weighted by atomic mass is 9.79. The van der Waals surface area contributed by atoms with Gasteiger partial charge in [-0.25, -0.2) is 0 Å². The second-order valence-corrected chi connectivity index (χ2v) is 4.66. The predicted molar refractivity (Wildman–Crippen MR) is 74.1 cm³/mol. The van der Waals surface area contributed by atoms with E-state index in [0.29, 0.717) is 31.9 Å². The fourth-order valence-electron chi connectivity index (χ4n) is 2.41. The summed E-state index contributed by atoms with van der Waals surface area (Å²) >= 11 is 0. The lowest BCUT2D eigenvalue weighted by Crippen LogP contribution is -2.38. The van der Waals surface area contributed by atoms with E-state index < -0.39 is 5.41 Å². The monoisotopic (exact) mass is 264 g/mol. The van der Waals surface area contributed by atoms with Crippen LogP contribution in [0.5, 0.6) is 0 Å².